The van der Waals surface area contributed by atoms with Crippen LogP contribution in [0.25, 0.3) is 0 Å². The first-order valence-electron chi connectivity index (χ1n) is 4.50. The second-order valence-corrected chi connectivity index (χ2v) is 3.85. The van der Waals surface area contributed by atoms with Crippen LogP contribution in [0.5, 0.6) is 0 Å². The quantitative estimate of drug-likeness (QED) is 0.666. The maximum atomic E-state index is 13.0. The average Bonchev–Trinajstić information content (AvgIpc) is 2.22. The van der Waals surface area contributed by atoms with Gasteiger partial charge in [0.25, 0.3) is 5.91 Å². The van der Waals surface area contributed by atoms with Gasteiger partial charge < -0.3 is 4.74 Å². The Morgan fingerprint density at radius 3 is 2.81 bits per heavy atom. The molecule has 0 bridgehead atoms. The zero-order valence-corrected chi connectivity index (χ0v) is 10.2. The highest BCUT2D eigenvalue weighted by molar-refractivity contribution is 9.10. The monoisotopic (exact) mass is 291 g/mol. The maximum Gasteiger partial charge on any atom is 0.274 e. The molecule has 0 aliphatic rings. The molecule has 1 rings (SSSR count). The first-order chi connectivity index (χ1) is 7.63. The number of nitrogens with one attached hydrogen (secondary N) is 1. The number of hydrogen-bond donors (Lipinski definition) is 1. The first kappa shape index (κ1) is 13.1. The van der Waals surface area contributed by atoms with Crippen molar-refractivity contribution in [2.45, 2.75) is 0 Å². The molecule has 0 radical (unpaired) electrons. The number of carbonyl (C=O) groups is 1. The summed E-state index contributed by atoms with van der Waals surface area (Å²) in [6.45, 7) is 0.603. The van der Waals surface area contributed by atoms with Crippen molar-refractivity contribution in [1.82, 2.24) is 5.48 Å². The van der Waals surface area contributed by atoms with Crippen molar-refractivity contribution in [2.75, 3.05) is 20.3 Å². The van der Waals surface area contributed by atoms with Gasteiger partial charge in [-0.3, -0.25) is 9.63 Å². The van der Waals surface area contributed by atoms with Crippen molar-refractivity contribution in [3.05, 3.63) is 34.1 Å². The van der Waals surface area contributed by atoms with E-state index in [9.17, 15) is 9.18 Å². The van der Waals surface area contributed by atoms with E-state index in [0.717, 1.165) is 6.07 Å². The van der Waals surface area contributed by atoms with Gasteiger partial charge in [-0.2, -0.15) is 0 Å². The smallest absolute Gasteiger partial charge is 0.274 e. The van der Waals surface area contributed by atoms with Crippen LogP contribution in [0.15, 0.2) is 22.7 Å². The van der Waals surface area contributed by atoms with E-state index in [2.05, 4.69) is 21.4 Å². The molecule has 0 fully saturated rings. The summed E-state index contributed by atoms with van der Waals surface area (Å²) in [5.41, 5.74) is 2.37. The largest absolute Gasteiger partial charge is 0.382 e. The number of rotatable bonds is 5. The van der Waals surface area contributed by atoms with Crippen molar-refractivity contribution in [2.24, 2.45) is 0 Å². The third-order valence-electron chi connectivity index (χ3n) is 1.68. The molecule has 0 unspecified atom stereocenters. The van der Waals surface area contributed by atoms with Crippen LogP contribution in [0.4, 0.5) is 4.39 Å². The number of benzene rings is 1. The number of hydrogen-bond acceptors (Lipinski definition) is 3. The van der Waals surface area contributed by atoms with Gasteiger partial charge in [0.1, 0.15) is 5.82 Å². The summed E-state index contributed by atoms with van der Waals surface area (Å²) in [4.78, 5) is 16.3. The van der Waals surface area contributed by atoms with Crippen LogP contribution in [0.3, 0.4) is 0 Å². The summed E-state index contributed by atoms with van der Waals surface area (Å²) in [5, 5.41) is 0. The number of carbonyl (C=O) groups excluding carboxylic acids is 1. The maximum absolute atomic E-state index is 13.0. The zero-order chi connectivity index (χ0) is 12.0. The predicted octanol–water partition coefficient (Wildman–Crippen LogP) is 1.90. The van der Waals surface area contributed by atoms with Crippen molar-refractivity contribution in [3.8, 4) is 0 Å². The zero-order valence-electron chi connectivity index (χ0n) is 8.63. The van der Waals surface area contributed by atoms with E-state index in [1.54, 1.807) is 0 Å². The number of halogens is 2. The fraction of sp³-hybridized carbons (Fsp3) is 0.300. The Hall–Kier alpha value is -0.980. The Morgan fingerprint density at radius 1 is 1.44 bits per heavy atom. The Balaban J connectivity index is 2.52. The van der Waals surface area contributed by atoms with Crippen LogP contribution in [0, 0.1) is 5.82 Å². The van der Waals surface area contributed by atoms with Crippen molar-refractivity contribution >= 4 is 21.8 Å². The number of methoxy groups -OCH3 is 1. The number of ether oxygens (including phenoxy) is 1. The molecule has 0 spiro atoms. The molecule has 1 N–H and O–H groups in total. The molecule has 0 aliphatic carbocycles. The SMILES string of the molecule is COCCONC(=O)c1cc(F)cc(Br)c1. The molecule has 0 saturated carbocycles. The van der Waals surface area contributed by atoms with Gasteiger partial charge in [-0.25, -0.2) is 9.87 Å². The predicted molar refractivity (Wildman–Crippen MR) is 59.4 cm³/mol. The van der Waals surface area contributed by atoms with Gasteiger partial charge in [0.05, 0.1) is 13.2 Å². The lowest BCUT2D eigenvalue weighted by molar-refractivity contribution is 0.00886. The van der Waals surface area contributed by atoms with Gasteiger partial charge in [0, 0.05) is 17.1 Å². The van der Waals surface area contributed by atoms with Crippen LogP contribution >= 0.6 is 15.9 Å². The number of hydroxylamine groups is 1. The Kier molecular flexibility index (Phi) is 5.37. The lowest BCUT2D eigenvalue weighted by Gasteiger charge is -2.05. The molecule has 0 heterocycles. The van der Waals surface area contributed by atoms with Crippen molar-refractivity contribution < 1.29 is 18.8 Å². The Morgan fingerprint density at radius 2 is 2.19 bits per heavy atom. The minimum Gasteiger partial charge on any atom is -0.382 e. The molecular weight excluding hydrogens is 281 g/mol. The highest BCUT2D eigenvalue weighted by Gasteiger charge is 2.07. The van der Waals surface area contributed by atoms with Gasteiger partial charge in [0.15, 0.2) is 0 Å². The second-order valence-electron chi connectivity index (χ2n) is 2.93. The fourth-order valence-electron chi connectivity index (χ4n) is 0.985. The Bertz CT molecular complexity index is 353. The third kappa shape index (κ3) is 4.26. The van der Waals surface area contributed by atoms with Crippen LogP contribution in [-0.2, 0) is 9.57 Å². The lowest BCUT2D eigenvalue weighted by Crippen LogP contribution is -2.25. The summed E-state index contributed by atoms with van der Waals surface area (Å²) < 4.78 is 18.2. The summed E-state index contributed by atoms with van der Waals surface area (Å²) in [6, 6.07) is 3.89. The minimum absolute atomic E-state index is 0.185. The van der Waals surface area contributed by atoms with Gasteiger partial charge >= 0.3 is 0 Å². The normalized spacial score (nSPS) is 10.2. The molecule has 0 aliphatic heterocycles. The number of amides is 1. The molecule has 1 aromatic carbocycles. The molecule has 0 atom stereocenters. The standard InChI is InChI=1S/C10H11BrFNO3/c1-15-2-3-16-13-10(14)7-4-8(11)6-9(12)5-7/h4-6H,2-3H2,1H3,(H,13,14). The minimum atomic E-state index is -0.503. The van der Waals surface area contributed by atoms with Gasteiger partial charge in [-0.05, 0) is 18.2 Å². The van der Waals surface area contributed by atoms with E-state index in [-0.39, 0.29) is 12.2 Å². The van der Waals surface area contributed by atoms with Crippen LogP contribution in [-0.4, -0.2) is 26.2 Å². The molecule has 88 valence electrons. The van der Waals surface area contributed by atoms with E-state index >= 15 is 0 Å². The van der Waals surface area contributed by atoms with Crippen LogP contribution in [0.1, 0.15) is 10.4 Å². The van der Waals surface area contributed by atoms with Crippen LogP contribution in [0.2, 0.25) is 0 Å². The highest BCUT2D eigenvalue weighted by atomic mass is 79.9. The third-order valence-corrected chi connectivity index (χ3v) is 2.14. The van der Waals surface area contributed by atoms with Gasteiger partial charge in [0.2, 0.25) is 0 Å². The van der Waals surface area contributed by atoms with Gasteiger partial charge in [-0.1, -0.05) is 15.9 Å². The molecule has 6 heteroatoms. The topological polar surface area (TPSA) is 47.6 Å². The molecule has 4 nitrogen and oxygen atoms in total. The fourth-order valence-corrected chi connectivity index (χ4v) is 1.45. The van der Waals surface area contributed by atoms with Crippen LogP contribution < -0.4 is 5.48 Å². The molecule has 0 aromatic heterocycles. The summed E-state index contributed by atoms with van der Waals surface area (Å²) in [5.74, 6) is -0.993. The van der Waals surface area contributed by atoms with E-state index in [0.29, 0.717) is 11.1 Å². The summed E-state index contributed by atoms with van der Waals surface area (Å²) >= 11 is 3.09. The molecule has 1 amide bonds. The summed E-state index contributed by atoms with van der Waals surface area (Å²) in [6.07, 6.45) is 0. The molecule has 1 aromatic rings. The van der Waals surface area contributed by atoms with E-state index < -0.39 is 11.7 Å². The van der Waals surface area contributed by atoms with Crippen molar-refractivity contribution in [3.63, 3.8) is 0 Å². The first-order valence-corrected chi connectivity index (χ1v) is 5.30. The summed E-state index contributed by atoms with van der Waals surface area (Å²) in [7, 11) is 1.52. The second kappa shape index (κ2) is 6.57. The average molecular weight is 292 g/mol. The van der Waals surface area contributed by atoms with Crippen molar-refractivity contribution in [1.29, 1.82) is 0 Å². The highest BCUT2D eigenvalue weighted by Crippen LogP contribution is 2.14. The van der Waals surface area contributed by atoms with E-state index in [1.807, 2.05) is 0 Å². The lowest BCUT2D eigenvalue weighted by atomic mass is 10.2. The van der Waals surface area contributed by atoms with E-state index in [4.69, 9.17) is 9.57 Å². The van der Waals surface area contributed by atoms with Gasteiger partial charge in [-0.15, -0.1) is 0 Å². The Labute approximate surface area is 101 Å². The molecular formula is C10H11BrFNO3. The molecule has 16 heavy (non-hydrogen) atoms. The molecule has 0 saturated heterocycles. The van der Waals surface area contributed by atoms with E-state index in [1.165, 1.54) is 19.2 Å².